The molecule has 3 heteroatoms. The molecule has 0 saturated carbocycles. The van der Waals surface area contributed by atoms with Gasteiger partial charge in [0, 0.05) is 11.3 Å². The molecule has 0 aliphatic heterocycles. The number of fused-ring (bicyclic) bond motifs is 1. The second-order valence-corrected chi connectivity index (χ2v) is 4.92. The molecular formula is C18H15NO2. The highest BCUT2D eigenvalue weighted by atomic mass is 16.3. The van der Waals surface area contributed by atoms with Crippen LogP contribution in [0.5, 0.6) is 5.75 Å². The Morgan fingerprint density at radius 2 is 1.62 bits per heavy atom. The van der Waals surface area contributed by atoms with E-state index in [1.54, 1.807) is 24.3 Å². The van der Waals surface area contributed by atoms with Gasteiger partial charge in [0.1, 0.15) is 5.75 Å². The number of hydrogen-bond donors (Lipinski definition) is 2. The summed E-state index contributed by atoms with van der Waals surface area (Å²) in [5, 5.41) is 14.8. The molecule has 0 atom stereocenters. The summed E-state index contributed by atoms with van der Waals surface area (Å²) in [7, 11) is 0. The number of aromatic hydroxyl groups is 1. The summed E-state index contributed by atoms with van der Waals surface area (Å²) in [6.45, 7) is 0. The second-order valence-electron chi connectivity index (χ2n) is 4.92. The van der Waals surface area contributed by atoms with Crippen molar-refractivity contribution in [2.24, 2.45) is 0 Å². The molecule has 0 aliphatic rings. The topological polar surface area (TPSA) is 49.3 Å². The third-order valence-corrected chi connectivity index (χ3v) is 3.38. The fraction of sp³-hybridized carbons (Fsp3) is 0.0556. The largest absolute Gasteiger partial charge is 0.508 e. The third-order valence-electron chi connectivity index (χ3n) is 3.38. The van der Waals surface area contributed by atoms with Crippen molar-refractivity contribution in [1.29, 1.82) is 0 Å². The third kappa shape index (κ3) is 3.03. The average Bonchev–Trinajstić information content (AvgIpc) is 2.49. The Labute approximate surface area is 122 Å². The van der Waals surface area contributed by atoms with Gasteiger partial charge in [-0.25, -0.2) is 0 Å². The van der Waals surface area contributed by atoms with Crippen molar-refractivity contribution in [1.82, 2.24) is 0 Å². The minimum Gasteiger partial charge on any atom is -0.508 e. The molecule has 0 radical (unpaired) electrons. The predicted molar refractivity (Wildman–Crippen MR) is 84.4 cm³/mol. The molecule has 0 heterocycles. The van der Waals surface area contributed by atoms with Gasteiger partial charge in [-0.1, -0.05) is 48.5 Å². The van der Waals surface area contributed by atoms with Crippen LogP contribution in [-0.4, -0.2) is 11.0 Å². The fourth-order valence-electron chi connectivity index (χ4n) is 2.31. The first-order chi connectivity index (χ1) is 10.2. The van der Waals surface area contributed by atoms with E-state index in [-0.39, 0.29) is 18.1 Å². The maximum atomic E-state index is 12.0. The number of carbonyl (C=O) groups excluding carboxylic acids is 1. The van der Waals surface area contributed by atoms with Gasteiger partial charge in [-0.3, -0.25) is 4.79 Å². The van der Waals surface area contributed by atoms with Crippen LogP contribution in [0, 0.1) is 0 Å². The molecule has 0 bridgehead atoms. The van der Waals surface area contributed by atoms with Crippen molar-refractivity contribution in [3.63, 3.8) is 0 Å². The molecule has 0 unspecified atom stereocenters. The van der Waals surface area contributed by atoms with Crippen molar-refractivity contribution >= 4 is 22.4 Å². The van der Waals surface area contributed by atoms with Crippen LogP contribution in [-0.2, 0) is 11.2 Å². The summed E-state index contributed by atoms with van der Waals surface area (Å²) in [5.41, 5.74) is 1.38. The first-order valence-electron chi connectivity index (χ1n) is 6.78. The molecule has 2 N–H and O–H groups in total. The summed E-state index contributed by atoms with van der Waals surface area (Å²) in [4.78, 5) is 12.0. The van der Waals surface area contributed by atoms with E-state index in [9.17, 15) is 9.90 Å². The van der Waals surface area contributed by atoms with Gasteiger partial charge < -0.3 is 10.4 Å². The number of anilines is 1. The van der Waals surface area contributed by atoms with Gasteiger partial charge in [-0.05, 0) is 29.0 Å². The molecule has 1 amide bonds. The van der Waals surface area contributed by atoms with Crippen LogP contribution in [0.3, 0.4) is 0 Å². The number of benzene rings is 3. The number of para-hydroxylation sites is 1. The molecule has 21 heavy (non-hydrogen) atoms. The summed E-state index contributed by atoms with van der Waals surface area (Å²) in [5.74, 6) is -0.00191. The van der Waals surface area contributed by atoms with Crippen LogP contribution in [0.25, 0.3) is 10.8 Å². The zero-order valence-corrected chi connectivity index (χ0v) is 11.4. The summed E-state index contributed by atoms with van der Waals surface area (Å²) >= 11 is 0. The minimum absolute atomic E-state index is 0.145. The zero-order chi connectivity index (χ0) is 14.7. The monoisotopic (exact) mass is 277 g/mol. The number of carbonyl (C=O) groups is 1. The lowest BCUT2D eigenvalue weighted by Crippen LogP contribution is -2.14. The van der Waals surface area contributed by atoms with Crippen LogP contribution in [0.1, 0.15) is 5.56 Å². The maximum absolute atomic E-state index is 12.0. The van der Waals surface area contributed by atoms with Crippen molar-refractivity contribution in [3.05, 3.63) is 72.3 Å². The number of amides is 1. The quantitative estimate of drug-likeness (QED) is 0.766. The van der Waals surface area contributed by atoms with Crippen molar-refractivity contribution in [2.45, 2.75) is 6.42 Å². The lowest BCUT2D eigenvalue weighted by atomic mass is 10.1. The van der Waals surface area contributed by atoms with Gasteiger partial charge in [0.15, 0.2) is 0 Å². The van der Waals surface area contributed by atoms with Crippen LogP contribution < -0.4 is 5.32 Å². The highest BCUT2D eigenvalue weighted by Crippen LogP contribution is 2.20. The maximum Gasteiger partial charge on any atom is 0.228 e. The number of phenols is 1. The number of hydrogen-bond acceptors (Lipinski definition) is 2. The molecule has 0 spiro atoms. The van der Waals surface area contributed by atoms with Gasteiger partial charge >= 0.3 is 0 Å². The first-order valence-corrected chi connectivity index (χ1v) is 6.78. The number of nitrogens with one attached hydrogen (secondary N) is 1. The normalized spacial score (nSPS) is 10.5. The molecule has 0 saturated heterocycles. The molecule has 0 aromatic heterocycles. The lowest BCUT2D eigenvalue weighted by molar-refractivity contribution is -0.115. The van der Waals surface area contributed by atoms with E-state index in [1.165, 1.54) is 0 Å². The molecule has 0 fully saturated rings. The fourth-order valence-corrected chi connectivity index (χ4v) is 2.31. The Kier molecular flexibility index (Phi) is 3.56. The minimum atomic E-state index is -0.146. The molecule has 3 nitrogen and oxygen atoms in total. The predicted octanol–water partition coefficient (Wildman–Crippen LogP) is 3.73. The molecular weight excluding hydrogens is 262 g/mol. The molecule has 3 rings (SSSR count). The summed E-state index contributed by atoms with van der Waals surface area (Å²) < 4.78 is 0. The van der Waals surface area contributed by atoms with Gasteiger partial charge in [0.2, 0.25) is 5.91 Å². The van der Waals surface area contributed by atoms with E-state index in [1.807, 2.05) is 42.5 Å². The van der Waals surface area contributed by atoms with Crippen LogP contribution in [0.15, 0.2) is 66.7 Å². The Hall–Kier alpha value is -2.81. The van der Waals surface area contributed by atoms with E-state index in [0.29, 0.717) is 5.56 Å². The Morgan fingerprint density at radius 3 is 2.43 bits per heavy atom. The van der Waals surface area contributed by atoms with E-state index in [4.69, 9.17) is 0 Å². The van der Waals surface area contributed by atoms with Crippen LogP contribution in [0.4, 0.5) is 5.69 Å². The van der Waals surface area contributed by atoms with E-state index >= 15 is 0 Å². The van der Waals surface area contributed by atoms with Crippen LogP contribution >= 0.6 is 0 Å². The van der Waals surface area contributed by atoms with Gasteiger partial charge in [0.05, 0.1) is 6.42 Å². The summed E-state index contributed by atoms with van der Waals surface area (Å²) in [6, 6.07) is 20.7. The molecule has 3 aromatic rings. The average molecular weight is 277 g/mol. The van der Waals surface area contributed by atoms with Gasteiger partial charge in [-0.15, -0.1) is 0 Å². The van der Waals surface area contributed by atoms with Crippen LogP contribution in [0.2, 0.25) is 0 Å². The Balaban J connectivity index is 1.75. The van der Waals surface area contributed by atoms with Gasteiger partial charge in [0.25, 0.3) is 0 Å². The van der Waals surface area contributed by atoms with E-state index < -0.39 is 0 Å². The van der Waals surface area contributed by atoms with Crippen molar-refractivity contribution < 1.29 is 9.90 Å². The molecule has 0 aliphatic carbocycles. The zero-order valence-electron chi connectivity index (χ0n) is 11.4. The SMILES string of the molecule is O=C(Cc1ccccc1O)Nc1ccc2ccccc2c1. The van der Waals surface area contributed by atoms with Gasteiger partial charge in [-0.2, -0.15) is 0 Å². The standard InChI is InChI=1S/C18H15NO2/c20-17-8-4-3-7-15(17)12-18(21)19-16-10-9-13-5-1-2-6-14(13)11-16/h1-11,20H,12H2,(H,19,21). The second kappa shape index (κ2) is 5.67. The molecule has 3 aromatic carbocycles. The van der Waals surface area contributed by atoms with Crippen molar-refractivity contribution in [2.75, 3.05) is 5.32 Å². The molecule has 104 valence electrons. The van der Waals surface area contributed by atoms with E-state index in [0.717, 1.165) is 16.5 Å². The highest BCUT2D eigenvalue weighted by molar-refractivity contribution is 5.95. The summed E-state index contributed by atoms with van der Waals surface area (Å²) in [6.07, 6.45) is 0.152. The smallest absolute Gasteiger partial charge is 0.228 e. The lowest BCUT2D eigenvalue weighted by Gasteiger charge is -2.07. The van der Waals surface area contributed by atoms with Crippen molar-refractivity contribution in [3.8, 4) is 5.75 Å². The van der Waals surface area contributed by atoms with E-state index in [2.05, 4.69) is 5.32 Å². The Bertz CT molecular complexity index is 796. The first kappa shape index (κ1) is 13.2. The number of phenolic OH excluding ortho intramolecular Hbond substituents is 1. The highest BCUT2D eigenvalue weighted by Gasteiger charge is 2.07. The Morgan fingerprint density at radius 1 is 0.905 bits per heavy atom. The number of rotatable bonds is 3.